The molecule has 28 heavy (non-hydrogen) atoms. The Morgan fingerprint density at radius 3 is 2.21 bits per heavy atom. The molecule has 2 aromatic rings. The van der Waals surface area contributed by atoms with E-state index in [9.17, 15) is 8.42 Å². The number of hydrogen-bond acceptors (Lipinski definition) is 6. The Balaban J connectivity index is 0.000000307. The Hall–Kier alpha value is -1.97. The molecule has 0 amide bonds. The lowest BCUT2D eigenvalue weighted by atomic mass is 10.1. The van der Waals surface area contributed by atoms with E-state index in [0.29, 0.717) is 13.2 Å². The second kappa shape index (κ2) is 12.5. The third kappa shape index (κ3) is 9.82. The van der Waals surface area contributed by atoms with Gasteiger partial charge in [0.1, 0.15) is 5.75 Å². The Bertz CT molecular complexity index is 778. The standard InChI is InChI=1S/C13H23N3O.C7H8O3S/c1-2-17-13-5-3-11(4-6-13)9-12(15)10-16-8-7-14;1-6-2-4-7(5-3-6)11(8,9)10/h3-6,12,16H,2,7-10,14-15H2,1H3;2-5H,1H3,(H,8,9,10)/t12-;/m0./s1. The van der Waals surface area contributed by atoms with Gasteiger partial charge >= 0.3 is 0 Å². The molecule has 0 saturated heterocycles. The van der Waals surface area contributed by atoms with Gasteiger partial charge in [0, 0.05) is 25.7 Å². The van der Waals surface area contributed by atoms with Gasteiger partial charge in [-0.1, -0.05) is 29.8 Å². The first-order chi connectivity index (χ1) is 13.3. The summed E-state index contributed by atoms with van der Waals surface area (Å²) >= 11 is 0. The predicted octanol–water partition coefficient (Wildman–Crippen LogP) is 1.75. The third-order valence-corrected chi connectivity index (χ3v) is 4.65. The fourth-order valence-electron chi connectivity index (χ4n) is 2.36. The van der Waals surface area contributed by atoms with Gasteiger partial charge in [0.05, 0.1) is 11.5 Å². The summed E-state index contributed by atoms with van der Waals surface area (Å²) in [5.41, 5.74) is 13.6. The van der Waals surface area contributed by atoms with Crippen molar-refractivity contribution in [2.24, 2.45) is 11.5 Å². The summed E-state index contributed by atoms with van der Waals surface area (Å²) in [5.74, 6) is 0.908. The quantitative estimate of drug-likeness (QED) is 0.367. The topological polar surface area (TPSA) is 128 Å². The monoisotopic (exact) mass is 409 g/mol. The number of aryl methyl sites for hydroxylation is 1. The summed E-state index contributed by atoms with van der Waals surface area (Å²) in [5, 5.41) is 3.21. The van der Waals surface area contributed by atoms with Gasteiger partial charge in [0.15, 0.2) is 0 Å². The van der Waals surface area contributed by atoms with Crippen LogP contribution in [0.4, 0.5) is 0 Å². The minimum absolute atomic E-state index is 0.0666. The molecule has 0 heterocycles. The molecule has 156 valence electrons. The zero-order valence-corrected chi connectivity index (χ0v) is 17.3. The molecule has 1 atom stereocenters. The molecule has 0 fully saturated rings. The highest BCUT2D eigenvalue weighted by atomic mass is 32.2. The number of rotatable bonds is 9. The third-order valence-electron chi connectivity index (χ3n) is 3.78. The smallest absolute Gasteiger partial charge is 0.294 e. The van der Waals surface area contributed by atoms with Crippen LogP contribution in [0, 0.1) is 6.92 Å². The maximum atomic E-state index is 10.5. The lowest BCUT2D eigenvalue weighted by Gasteiger charge is -2.12. The van der Waals surface area contributed by atoms with Crippen LogP contribution in [0.5, 0.6) is 5.75 Å². The van der Waals surface area contributed by atoms with E-state index in [4.69, 9.17) is 20.8 Å². The second-order valence-corrected chi connectivity index (χ2v) is 7.74. The summed E-state index contributed by atoms with van der Waals surface area (Å²) in [6.07, 6.45) is 0.865. The molecule has 2 aromatic carbocycles. The van der Waals surface area contributed by atoms with Gasteiger partial charge in [-0.15, -0.1) is 0 Å². The first-order valence-electron chi connectivity index (χ1n) is 9.18. The summed E-state index contributed by atoms with van der Waals surface area (Å²) in [6, 6.07) is 14.2. The average Bonchev–Trinajstić information content (AvgIpc) is 2.64. The SMILES string of the molecule is CCOc1ccc(C[C@H](N)CNCCN)cc1.Cc1ccc(S(=O)(=O)O)cc1. The average molecular weight is 410 g/mol. The van der Waals surface area contributed by atoms with E-state index in [1.165, 1.54) is 17.7 Å². The minimum Gasteiger partial charge on any atom is -0.494 e. The molecule has 0 aliphatic heterocycles. The van der Waals surface area contributed by atoms with Crippen molar-refractivity contribution in [3.8, 4) is 5.75 Å². The van der Waals surface area contributed by atoms with E-state index in [-0.39, 0.29) is 10.9 Å². The number of ether oxygens (including phenoxy) is 1. The van der Waals surface area contributed by atoms with Gasteiger partial charge in [0.25, 0.3) is 10.1 Å². The van der Waals surface area contributed by atoms with Crippen molar-refractivity contribution in [3.05, 3.63) is 59.7 Å². The van der Waals surface area contributed by atoms with E-state index in [0.717, 1.165) is 30.8 Å². The highest BCUT2D eigenvalue weighted by Gasteiger charge is 2.07. The molecule has 0 bridgehead atoms. The molecule has 7 nitrogen and oxygen atoms in total. The van der Waals surface area contributed by atoms with Crippen LogP contribution in [0.3, 0.4) is 0 Å². The summed E-state index contributed by atoms with van der Waals surface area (Å²) in [7, 11) is -4.02. The maximum Gasteiger partial charge on any atom is 0.294 e. The molecule has 0 unspecified atom stereocenters. The van der Waals surface area contributed by atoms with Crippen molar-refractivity contribution in [1.29, 1.82) is 0 Å². The Morgan fingerprint density at radius 2 is 1.71 bits per heavy atom. The van der Waals surface area contributed by atoms with Gasteiger partial charge in [0.2, 0.25) is 0 Å². The molecule has 8 heteroatoms. The van der Waals surface area contributed by atoms with Crippen LogP contribution < -0.4 is 21.5 Å². The fraction of sp³-hybridized carbons (Fsp3) is 0.400. The normalized spacial score (nSPS) is 12.0. The molecule has 0 aromatic heterocycles. The van der Waals surface area contributed by atoms with Crippen molar-refractivity contribution in [2.45, 2.75) is 31.2 Å². The van der Waals surface area contributed by atoms with Crippen molar-refractivity contribution in [3.63, 3.8) is 0 Å². The molecule has 0 aliphatic carbocycles. The van der Waals surface area contributed by atoms with Gasteiger partial charge < -0.3 is 21.5 Å². The molecular weight excluding hydrogens is 378 g/mol. The van der Waals surface area contributed by atoms with Crippen LogP contribution in [-0.4, -0.2) is 45.3 Å². The highest BCUT2D eigenvalue weighted by Crippen LogP contribution is 2.13. The Kier molecular flexibility index (Phi) is 10.7. The predicted molar refractivity (Wildman–Crippen MR) is 112 cm³/mol. The fourth-order valence-corrected chi connectivity index (χ4v) is 2.84. The second-order valence-electron chi connectivity index (χ2n) is 6.32. The summed E-state index contributed by atoms with van der Waals surface area (Å²) < 4.78 is 34.9. The van der Waals surface area contributed by atoms with Crippen LogP contribution in [-0.2, 0) is 16.5 Å². The molecule has 0 radical (unpaired) electrons. The van der Waals surface area contributed by atoms with Gasteiger partial charge in [-0.3, -0.25) is 4.55 Å². The van der Waals surface area contributed by atoms with Gasteiger partial charge in [-0.05, 0) is 50.1 Å². The zero-order valence-electron chi connectivity index (χ0n) is 16.5. The van der Waals surface area contributed by atoms with E-state index in [1.54, 1.807) is 12.1 Å². The first-order valence-corrected chi connectivity index (χ1v) is 10.6. The van der Waals surface area contributed by atoms with E-state index >= 15 is 0 Å². The zero-order chi connectivity index (χ0) is 21.0. The maximum absolute atomic E-state index is 10.5. The van der Waals surface area contributed by atoms with E-state index < -0.39 is 10.1 Å². The van der Waals surface area contributed by atoms with Crippen molar-refractivity contribution in [2.75, 3.05) is 26.2 Å². The van der Waals surface area contributed by atoms with Crippen molar-refractivity contribution in [1.82, 2.24) is 5.32 Å². The number of hydrogen-bond donors (Lipinski definition) is 4. The Labute approximate surface area is 167 Å². The molecule has 0 aliphatic rings. The van der Waals surface area contributed by atoms with Crippen molar-refractivity contribution >= 4 is 10.1 Å². The highest BCUT2D eigenvalue weighted by molar-refractivity contribution is 7.85. The van der Waals surface area contributed by atoms with Crippen LogP contribution in [0.2, 0.25) is 0 Å². The summed E-state index contributed by atoms with van der Waals surface area (Å²) in [4.78, 5) is -0.0666. The molecule has 6 N–H and O–H groups in total. The van der Waals surface area contributed by atoms with E-state index in [2.05, 4.69) is 17.4 Å². The summed E-state index contributed by atoms with van der Waals surface area (Å²) in [6.45, 7) is 6.78. The lowest BCUT2D eigenvalue weighted by Crippen LogP contribution is -2.37. The largest absolute Gasteiger partial charge is 0.494 e. The molecule has 2 rings (SSSR count). The van der Waals surface area contributed by atoms with Gasteiger partial charge in [-0.2, -0.15) is 8.42 Å². The number of benzene rings is 2. The van der Waals surface area contributed by atoms with Crippen LogP contribution in [0.1, 0.15) is 18.1 Å². The molecular formula is C20H31N3O4S. The van der Waals surface area contributed by atoms with Crippen LogP contribution in [0.15, 0.2) is 53.4 Å². The minimum atomic E-state index is -4.02. The number of nitrogens with one attached hydrogen (secondary N) is 1. The van der Waals surface area contributed by atoms with Crippen LogP contribution >= 0.6 is 0 Å². The van der Waals surface area contributed by atoms with Crippen LogP contribution in [0.25, 0.3) is 0 Å². The molecule has 0 spiro atoms. The van der Waals surface area contributed by atoms with E-state index in [1.807, 2.05) is 26.0 Å². The number of nitrogens with two attached hydrogens (primary N) is 2. The van der Waals surface area contributed by atoms with Crippen molar-refractivity contribution < 1.29 is 17.7 Å². The Morgan fingerprint density at radius 1 is 1.11 bits per heavy atom. The van der Waals surface area contributed by atoms with Gasteiger partial charge in [-0.25, -0.2) is 0 Å². The first kappa shape index (κ1) is 24.1. The lowest BCUT2D eigenvalue weighted by molar-refractivity contribution is 0.340. The molecule has 0 saturated carbocycles.